The van der Waals surface area contributed by atoms with Crippen LogP contribution >= 0.6 is 11.6 Å². The van der Waals surface area contributed by atoms with E-state index in [1.54, 1.807) is 7.11 Å². The zero-order chi connectivity index (χ0) is 21.6. The van der Waals surface area contributed by atoms with E-state index < -0.39 is 17.5 Å². The topological polar surface area (TPSA) is 52.6 Å². The third-order valence-electron chi connectivity index (χ3n) is 6.77. The predicted molar refractivity (Wildman–Crippen MR) is 117 cm³/mol. The number of rotatable bonds is 3. The molecule has 4 nitrogen and oxygen atoms in total. The molecule has 158 valence electrons. The molecule has 1 unspecified atom stereocenters. The Morgan fingerprint density at radius 3 is 2.27 bits per heavy atom. The van der Waals surface area contributed by atoms with Crippen molar-refractivity contribution in [1.29, 1.82) is 0 Å². The Kier molecular flexibility index (Phi) is 5.50. The summed E-state index contributed by atoms with van der Waals surface area (Å²) in [5.41, 5.74) is 4.84. The van der Waals surface area contributed by atoms with Gasteiger partial charge in [-0.3, -0.25) is 9.59 Å². The number of carbonyl (C=O) groups excluding carboxylic acids is 2. The minimum atomic E-state index is -0.999. The molecule has 2 aliphatic rings. The van der Waals surface area contributed by atoms with Gasteiger partial charge < -0.3 is 9.47 Å². The number of esters is 1. The van der Waals surface area contributed by atoms with Crippen molar-refractivity contribution in [3.63, 3.8) is 0 Å². The lowest BCUT2D eigenvalue weighted by Crippen LogP contribution is -2.42. The molecule has 1 saturated heterocycles. The van der Waals surface area contributed by atoms with Crippen LogP contribution in [0.15, 0.2) is 30.3 Å². The van der Waals surface area contributed by atoms with E-state index in [1.807, 2.05) is 38.1 Å². The van der Waals surface area contributed by atoms with Crippen molar-refractivity contribution in [2.24, 2.45) is 0 Å². The van der Waals surface area contributed by atoms with Crippen LogP contribution in [0.3, 0.4) is 0 Å². The highest BCUT2D eigenvalue weighted by Gasteiger charge is 2.57. The van der Waals surface area contributed by atoms with Crippen LogP contribution in [0.1, 0.15) is 53.9 Å². The number of aryl methyl sites for hydroxylation is 2. The van der Waals surface area contributed by atoms with Crippen LogP contribution in [-0.4, -0.2) is 30.6 Å². The molecule has 0 bridgehead atoms. The number of ketones is 1. The molecule has 2 aromatic rings. The smallest absolute Gasteiger partial charge is 0.322 e. The lowest BCUT2D eigenvalue weighted by molar-refractivity contribution is -0.157. The van der Waals surface area contributed by atoms with Gasteiger partial charge in [0.05, 0.1) is 6.10 Å². The first-order valence-electron chi connectivity index (χ1n) is 10.4. The van der Waals surface area contributed by atoms with Gasteiger partial charge in [0, 0.05) is 12.1 Å². The van der Waals surface area contributed by atoms with Crippen LogP contribution in [-0.2, 0) is 19.1 Å². The molecule has 1 heterocycles. The number of hydrogen-bond donors (Lipinski definition) is 0. The lowest BCUT2D eigenvalue weighted by atomic mass is 9.75. The van der Waals surface area contributed by atoms with E-state index in [0.717, 1.165) is 46.2 Å². The van der Waals surface area contributed by atoms with Gasteiger partial charge >= 0.3 is 5.97 Å². The van der Waals surface area contributed by atoms with Gasteiger partial charge in [-0.25, -0.2) is 0 Å². The monoisotopic (exact) mass is 426 g/mol. The van der Waals surface area contributed by atoms with Gasteiger partial charge in [-0.2, -0.15) is 0 Å². The number of hydrogen-bond acceptors (Lipinski definition) is 4. The quantitative estimate of drug-likeness (QED) is 0.482. The van der Waals surface area contributed by atoms with Gasteiger partial charge in [-0.1, -0.05) is 29.8 Å². The number of halogens is 1. The first kappa shape index (κ1) is 21.1. The second-order valence-corrected chi connectivity index (χ2v) is 9.02. The molecule has 2 aromatic carbocycles. The van der Waals surface area contributed by atoms with Crippen molar-refractivity contribution in [1.82, 2.24) is 0 Å². The number of benzene rings is 2. The highest BCUT2D eigenvalue weighted by molar-refractivity contribution is 6.30. The summed E-state index contributed by atoms with van der Waals surface area (Å²) in [6, 6.07) is 9.71. The van der Waals surface area contributed by atoms with Crippen LogP contribution in [0.25, 0.3) is 11.1 Å². The van der Waals surface area contributed by atoms with E-state index in [4.69, 9.17) is 21.1 Å². The van der Waals surface area contributed by atoms with E-state index in [2.05, 4.69) is 13.0 Å². The highest BCUT2D eigenvalue weighted by atomic mass is 35.5. The molecule has 0 radical (unpaired) electrons. The zero-order valence-corrected chi connectivity index (χ0v) is 18.6. The van der Waals surface area contributed by atoms with Gasteiger partial charge in [-0.05, 0) is 92.0 Å². The van der Waals surface area contributed by atoms with Crippen LogP contribution in [0.5, 0.6) is 0 Å². The molecule has 1 saturated carbocycles. The Bertz CT molecular complexity index is 1000. The number of Topliss-reactive ketones (excluding diaryl/α,β-unsaturated/α-hetero) is 1. The lowest BCUT2D eigenvalue weighted by Gasteiger charge is -2.33. The van der Waals surface area contributed by atoms with E-state index in [-0.39, 0.29) is 11.9 Å². The fourth-order valence-corrected chi connectivity index (χ4v) is 5.39. The van der Waals surface area contributed by atoms with Gasteiger partial charge in [0.15, 0.2) is 11.4 Å². The van der Waals surface area contributed by atoms with Crippen molar-refractivity contribution in [2.45, 2.75) is 64.1 Å². The van der Waals surface area contributed by atoms with Crippen molar-refractivity contribution < 1.29 is 19.1 Å². The zero-order valence-electron chi connectivity index (χ0n) is 17.9. The number of ether oxygens (including phenoxy) is 2. The summed E-state index contributed by atoms with van der Waals surface area (Å²) >= 11 is 6.07. The van der Waals surface area contributed by atoms with Gasteiger partial charge in [-0.15, -0.1) is 0 Å². The summed E-state index contributed by atoms with van der Waals surface area (Å²) in [6.45, 7) is 6.01. The Morgan fingerprint density at radius 1 is 1.03 bits per heavy atom. The van der Waals surface area contributed by atoms with Crippen molar-refractivity contribution in [2.75, 3.05) is 7.11 Å². The standard InChI is InChI=1S/C25H27ClO4/c1-14-13-15(2)21(16(3)20(14)17-5-7-18(26)8-6-17)22-23(27)25(30-24(22)28)11-9-19(29-4)10-12-25/h5-8,13,19,22H,9-12H2,1-4H3. The average molecular weight is 427 g/mol. The van der Waals surface area contributed by atoms with Crippen LogP contribution in [0, 0.1) is 20.8 Å². The second kappa shape index (κ2) is 7.82. The first-order chi connectivity index (χ1) is 14.3. The Hall–Kier alpha value is -2.17. The molecule has 0 amide bonds. The van der Waals surface area contributed by atoms with E-state index in [0.29, 0.717) is 17.9 Å². The van der Waals surface area contributed by atoms with Crippen LogP contribution in [0.2, 0.25) is 5.02 Å². The minimum absolute atomic E-state index is 0.0980. The largest absolute Gasteiger partial charge is 0.450 e. The van der Waals surface area contributed by atoms with E-state index >= 15 is 0 Å². The normalized spacial score (nSPS) is 26.3. The first-order valence-corrected chi connectivity index (χ1v) is 10.8. The third kappa shape index (κ3) is 3.36. The second-order valence-electron chi connectivity index (χ2n) is 8.58. The third-order valence-corrected chi connectivity index (χ3v) is 7.02. The predicted octanol–water partition coefficient (Wildman–Crippen LogP) is 5.47. The van der Waals surface area contributed by atoms with E-state index in [1.165, 1.54) is 0 Å². The maximum atomic E-state index is 13.6. The van der Waals surface area contributed by atoms with Crippen LogP contribution in [0.4, 0.5) is 0 Å². The SMILES string of the molecule is COC1CCC2(CC1)OC(=O)C(c1c(C)cc(C)c(-c3ccc(Cl)cc3)c1C)C2=O. The molecule has 0 N–H and O–H groups in total. The fourth-order valence-electron chi connectivity index (χ4n) is 5.27. The molecule has 30 heavy (non-hydrogen) atoms. The van der Waals surface area contributed by atoms with Crippen molar-refractivity contribution >= 4 is 23.4 Å². The maximum Gasteiger partial charge on any atom is 0.322 e. The maximum absolute atomic E-state index is 13.6. The van der Waals surface area contributed by atoms with Crippen molar-refractivity contribution in [3.8, 4) is 11.1 Å². The number of methoxy groups -OCH3 is 1. The summed E-state index contributed by atoms with van der Waals surface area (Å²) in [6.07, 6.45) is 2.63. The van der Waals surface area contributed by atoms with E-state index in [9.17, 15) is 9.59 Å². The summed E-state index contributed by atoms with van der Waals surface area (Å²) in [4.78, 5) is 26.6. The molecular weight excluding hydrogens is 400 g/mol. The Balaban J connectivity index is 1.77. The van der Waals surface area contributed by atoms with Gasteiger partial charge in [0.1, 0.15) is 5.92 Å². The average Bonchev–Trinajstić information content (AvgIpc) is 2.94. The molecule has 1 spiro atoms. The van der Waals surface area contributed by atoms with Crippen molar-refractivity contribution in [3.05, 3.63) is 57.6 Å². The molecule has 1 aliphatic heterocycles. The summed E-state index contributed by atoms with van der Waals surface area (Å²) < 4.78 is 11.2. The number of carbonyl (C=O) groups is 2. The molecule has 4 rings (SSSR count). The minimum Gasteiger partial charge on any atom is -0.450 e. The fraction of sp³-hybridized carbons (Fsp3) is 0.440. The highest BCUT2D eigenvalue weighted by Crippen LogP contribution is 2.46. The molecule has 1 aliphatic carbocycles. The summed E-state index contributed by atoms with van der Waals surface area (Å²) in [7, 11) is 1.69. The molecular formula is C25H27ClO4. The molecule has 1 atom stereocenters. The van der Waals surface area contributed by atoms with Gasteiger partial charge in [0.25, 0.3) is 0 Å². The molecule has 5 heteroatoms. The van der Waals surface area contributed by atoms with Gasteiger partial charge in [0.2, 0.25) is 0 Å². The molecule has 0 aromatic heterocycles. The summed E-state index contributed by atoms with van der Waals surface area (Å²) in [5, 5.41) is 0.671. The Labute approximate surface area is 182 Å². The summed E-state index contributed by atoms with van der Waals surface area (Å²) in [5.74, 6) is -1.39. The Morgan fingerprint density at radius 2 is 1.67 bits per heavy atom. The van der Waals surface area contributed by atoms with Crippen LogP contribution < -0.4 is 0 Å². The molecule has 2 fully saturated rings.